The molecule has 1 atom stereocenters. The van der Waals surface area contributed by atoms with Crippen LogP contribution in [0.4, 0.5) is 0 Å². The molecule has 0 aliphatic carbocycles. The van der Waals surface area contributed by atoms with E-state index in [2.05, 4.69) is 25.2 Å². The molecule has 0 aromatic carbocycles. The van der Waals surface area contributed by atoms with Gasteiger partial charge in [0.2, 0.25) is 5.91 Å². The molecule has 6 nitrogen and oxygen atoms in total. The van der Waals surface area contributed by atoms with Crippen molar-refractivity contribution in [2.75, 3.05) is 6.54 Å². The molecule has 0 aliphatic heterocycles. The van der Waals surface area contributed by atoms with Gasteiger partial charge in [-0.05, 0) is 38.2 Å². The van der Waals surface area contributed by atoms with E-state index in [1.807, 2.05) is 6.08 Å². The molecule has 0 aromatic rings. The second kappa shape index (κ2) is 25.2. The summed E-state index contributed by atoms with van der Waals surface area (Å²) in [4.78, 5) is 34.4. The maximum Gasteiger partial charge on any atom is 0.322 e. The van der Waals surface area contributed by atoms with E-state index in [4.69, 9.17) is 9.84 Å². The monoisotopic (exact) mass is 495 g/mol. The molecule has 0 spiro atoms. The fourth-order valence-electron chi connectivity index (χ4n) is 4.00. The third-order valence-corrected chi connectivity index (χ3v) is 6.17. The van der Waals surface area contributed by atoms with E-state index < -0.39 is 5.97 Å². The number of nitrogens with one attached hydrogen (secondary N) is 1. The highest BCUT2D eigenvalue weighted by atomic mass is 16.5. The Kier molecular flexibility index (Phi) is 23.9. The van der Waals surface area contributed by atoms with Crippen LogP contribution in [0, 0.1) is 0 Å². The molecule has 0 aliphatic rings. The molecular formula is C29H53NO5. The molecule has 1 amide bonds. The van der Waals surface area contributed by atoms with Gasteiger partial charge >= 0.3 is 11.9 Å². The van der Waals surface area contributed by atoms with E-state index in [0.29, 0.717) is 12.8 Å². The van der Waals surface area contributed by atoms with E-state index in [1.54, 1.807) is 0 Å². The summed E-state index contributed by atoms with van der Waals surface area (Å²) in [6, 6.07) is 0. The Labute approximate surface area is 214 Å². The van der Waals surface area contributed by atoms with Gasteiger partial charge in [0, 0.05) is 12.8 Å². The lowest BCUT2D eigenvalue weighted by atomic mass is 10.1. The van der Waals surface area contributed by atoms with Gasteiger partial charge in [-0.15, -0.1) is 0 Å². The first-order valence-corrected chi connectivity index (χ1v) is 14.3. The Bertz CT molecular complexity index is 561. The van der Waals surface area contributed by atoms with Crippen LogP contribution < -0.4 is 5.32 Å². The van der Waals surface area contributed by atoms with E-state index in [1.165, 1.54) is 51.4 Å². The molecular weight excluding hydrogens is 442 g/mol. The Hall–Kier alpha value is -1.85. The van der Waals surface area contributed by atoms with Gasteiger partial charge in [0.25, 0.3) is 0 Å². The molecule has 2 N–H and O–H groups in total. The van der Waals surface area contributed by atoms with Crippen molar-refractivity contribution in [1.82, 2.24) is 5.32 Å². The summed E-state index contributed by atoms with van der Waals surface area (Å²) < 4.78 is 5.77. The summed E-state index contributed by atoms with van der Waals surface area (Å²) in [5, 5.41) is 11.0. The first-order valence-electron chi connectivity index (χ1n) is 14.3. The molecule has 0 heterocycles. The van der Waals surface area contributed by atoms with Crippen LogP contribution in [0.25, 0.3) is 0 Å². The molecule has 204 valence electrons. The van der Waals surface area contributed by atoms with Crippen molar-refractivity contribution in [3.05, 3.63) is 12.2 Å². The second-order valence-corrected chi connectivity index (χ2v) is 9.65. The molecule has 0 aromatic heterocycles. The lowest BCUT2D eigenvalue weighted by Crippen LogP contribution is -2.28. The molecule has 0 saturated heterocycles. The number of carbonyl (C=O) groups excluding carboxylic acids is 2. The van der Waals surface area contributed by atoms with E-state index in [-0.39, 0.29) is 24.5 Å². The van der Waals surface area contributed by atoms with Crippen molar-refractivity contribution in [3.8, 4) is 0 Å². The summed E-state index contributed by atoms with van der Waals surface area (Å²) in [5.41, 5.74) is 0. The third-order valence-electron chi connectivity index (χ3n) is 6.17. The number of carboxylic acid groups (broad SMARTS) is 1. The van der Waals surface area contributed by atoms with Crippen LogP contribution in [0.15, 0.2) is 12.2 Å². The van der Waals surface area contributed by atoms with Gasteiger partial charge in [-0.1, -0.05) is 103 Å². The zero-order valence-corrected chi connectivity index (χ0v) is 22.7. The van der Waals surface area contributed by atoms with E-state index in [0.717, 1.165) is 64.2 Å². The van der Waals surface area contributed by atoms with Crippen LogP contribution in [0.1, 0.15) is 142 Å². The molecule has 0 rings (SSSR count). The Morgan fingerprint density at radius 3 is 1.89 bits per heavy atom. The molecule has 0 bridgehead atoms. The van der Waals surface area contributed by atoms with Crippen LogP contribution in [-0.4, -0.2) is 35.6 Å². The fraction of sp³-hybridized carbons (Fsp3) is 0.828. The average Bonchev–Trinajstić information content (AvgIpc) is 2.83. The van der Waals surface area contributed by atoms with Crippen LogP contribution >= 0.6 is 0 Å². The van der Waals surface area contributed by atoms with Gasteiger partial charge in [-0.3, -0.25) is 14.4 Å². The Morgan fingerprint density at radius 2 is 1.29 bits per heavy atom. The number of hydrogen-bond acceptors (Lipinski definition) is 4. The summed E-state index contributed by atoms with van der Waals surface area (Å²) >= 11 is 0. The third kappa shape index (κ3) is 25.1. The van der Waals surface area contributed by atoms with Crippen LogP contribution in [0.2, 0.25) is 0 Å². The molecule has 0 saturated carbocycles. The molecule has 0 fully saturated rings. The highest BCUT2D eigenvalue weighted by Crippen LogP contribution is 2.15. The second-order valence-electron chi connectivity index (χ2n) is 9.65. The number of aliphatic carboxylic acids is 1. The number of allylic oxidation sites excluding steroid dienone is 1. The van der Waals surface area contributed by atoms with Gasteiger partial charge < -0.3 is 15.2 Å². The van der Waals surface area contributed by atoms with Crippen molar-refractivity contribution >= 4 is 17.8 Å². The van der Waals surface area contributed by atoms with Crippen LogP contribution in [-0.2, 0) is 19.1 Å². The minimum Gasteiger partial charge on any atom is -0.480 e. The Balaban J connectivity index is 4.03. The van der Waals surface area contributed by atoms with Gasteiger partial charge in [0.15, 0.2) is 0 Å². The quantitative estimate of drug-likeness (QED) is 0.0777. The first kappa shape index (κ1) is 33.1. The lowest BCUT2D eigenvalue weighted by Gasteiger charge is -2.15. The average molecular weight is 496 g/mol. The number of carbonyl (C=O) groups is 3. The van der Waals surface area contributed by atoms with E-state index >= 15 is 0 Å². The lowest BCUT2D eigenvalue weighted by molar-refractivity contribution is -0.147. The van der Waals surface area contributed by atoms with E-state index in [9.17, 15) is 14.4 Å². The molecule has 35 heavy (non-hydrogen) atoms. The topological polar surface area (TPSA) is 92.7 Å². The van der Waals surface area contributed by atoms with Crippen molar-refractivity contribution in [2.24, 2.45) is 0 Å². The SMILES string of the molecule is CCCC/C=C\C(CCCCCCC(=O)NCC(=O)O)OC(=O)CCCCCCCCCCCC. The highest BCUT2D eigenvalue weighted by Gasteiger charge is 2.11. The van der Waals surface area contributed by atoms with Gasteiger partial charge in [-0.25, -0.2) is 0 Å². The minimum absolute atomic E-state index is 0.0928. The normalized spacial score (nSPS) is 12.1. The van der Waals surface area contributed by atoms with Crippen molar-refractivity contribution < 1.29 is 24.2 Å². The van der Waals surface area contributed by atoms with Gasteiger partial charge in [-0.2, -0.15) is 0 Å². The largest absolute Gasteiger partial charge is 0.480 e. The number of unbranched alkanes of at least 4 members (excludes halogenated alkanes) is 14. The molecule has 1 unspecified atom stereocenters. The smallest absolute Gasteiger partial charge is 0.322 e. The highest BCUT2D eigenvalue weighted by molar-refractivity contribution is 5.80. The summed E-state index contributed by atoms with van der Waals surface area (Å²) in [7, 11) is 0. The zero-order chi connectivity index (χ0) is 26.0. The van der Waals surface area contributed by atoms with Crippen molar-refractivity contribution in [3.63, 3.8) is 0 Å². The van der Waals surface area contributed by atoms with Crippen molar-refractivity contribution in [2.45, 2.75) is 148 Å². The fourth-order valence-corrected chi connectivity index (χ4v) is 4.00. The number of rotatable bonds is 25. The summed E-state index contributed by atoms with van der Waals surface area (Å²) in [6.07, 6.45) is 25.0. The predicted molar refractivity (Wildman–Crippen MR) is 143 cm³/mol. The zero-order valence-electron chi connectivity index (χ0n) is 22.7. The van der Waals surface area contributed by atoms with Gasteiger partial charge in [0.05, 0.1) is 0 Å². The van der Waals surface area contributed by atoms with Gasteiger partial charge in [0.1, 0.15) is 12.6 Å². The standard InChI is InChI=1S/C29H53NO5/c1-3-5-7-9-10-11-12-13-14-20-24-29(34)35-26(21-17-8-6-4-2)22-18-15-16-19-23-27(31)30-25-28(32)33/h17,21,26H,3-16,18-20,22-25H2,1-2H3,(H,30,31)(H,32,33)/b21-17-. The Morgan fingerprint density at radius 1 is 0.743 bits per heavy atom. The number of esters is 1. The van der Waals surface area contributed by atoms with Crippen molar-refractivity contribution in [1.29, 1.82) is 0 Å². The molecule has 6 heteroatoms. The first-order chi connectivity index (χ1) is 17.0. The maximum absolute atomic E-state index is 12.4. The van der Waals surface area contributed by atoms with Crippen LogP contribution in [0.3, 0.4) is 0 Å². The number of ether oxygens (including phenoxy) is 1. The number of hydrogen-bond donors (Lipinski definition) is 2. The summed E-state index contributed by atoms with van der Waals surface area (Å²) in [5.74, 6) is -1.34. The maximum atomic E-state index is 12.4. The summed E-state index contributed by atoms with van der Waals surface area (Å²) in [6.45, 7) is 4.09. The number of amides is 1. The van der Waals surface area contributed by atoms with Crippen LogP contribution in [0.5, 0.6) is 0 Å². The number of carboxylic acids is 1. The minimum atomic E-state index is -1.03. The molecule has 0 radical (unpaired) electrons. The predicted octanol–water partition coefficient (Wildman–Crippen LogP) is 7.50.